The predicted molar refractivity (Wildman–Crippen MR) is 53.2 cm³/mol. The van der Waals surface area contributed by atoms with Crippen LogP contribution < -0.4 is 4.74 Å². The highest BCUT2D eigenvalue weighted by Crippen LogP contribution is 2.27. The molecule has 0 fully saturated rings. The fourth-order valence-electron chi connectivity index (χ4n) is 1.67. The maximum absolute atomic E-state index is 9.17. The number of fused-ring (bicyclic) bond motifs is 1. The van der Waals surface area contributed by atoms with E-state index in [-0.39, 0.29) is 6.61 Å². The molecule has 0 saturated heterocycles. The highest BCUT2D eigenvalue weighted by atomic mass is 16.5. The van der Waals surface area contributed by atoms with Gasteiger partial charge in [-0.3, -0.25) is 0 Å². The molecule has 4 heteroatoms. The van der Waals surface area contributed by atoms with E-state index in [2.05, 4.69) is 4.98 Å². The summed E-state index contributed by atoms with van der Waals surface area (Å²) in [5, 5.41) is 10.1. The molecule has 0 radical (unpaired) electrons. The maximum Gasteiger partial charge on any atom is 0.222 e. The van der Waals surface area contributed by atoms with Crippen LogP contribution in [0.5, 0.6) is 5.88 Å². The van der Waals surface area contributed by atoms with Gasteiger partial charge in [0.2, 0.25) is 5.88 Å². The zero-order chi connectivity index (χ0) is 10.1. The van der Waals surface area contributed by atoms with Gasteiger partial charge in [0.1, 0.15) is 0 Å². The zero-order valence-corrected chi connectivity index (χ0v) is 8.19. The molecule has 0 amide bonds. The van der Waals surface area contributed by atoms with Gasteiger partial charge in [0.25, 0.3) is 0 Å². The Labute approximate surface area is 81.8 Å². The van der Waals surface area contributed by atoms with Crippen LogP contribution in [-0.2, 0) is 13.7 Å². The summed E-state index contributed by atoms with van der Waals surface area (Å²) >= 11 is 0. The lowest BCUT2D eigenvalue weighted by Crippen LogP contribution is -1.90. The van der Waals surface area contributed by atoms with Crippen molar-refractivity contribution in [3.63, 3.8) is 0 Å². The Morgan fingerprint density at radius 1 is 1.57 bits per heavy atom. The van der Waals surface area contributed by atoms with Crippen molar-refractivity contribution in [2.45, 2.75) is 6.61 Å². The molecule has 0 atom stereocenters. The number of ether oxygens (including phenoxy) is 1. The highest BCUT2D eigenvalue weighted by molar-refractivity contribution is 5.88. The number of hydrogen-bond donors (Lipinski definition) is 1. The number of aliphatic hydroxyl groups is 1. The second kappa shape index (κ2) is 3.31. The van der Waals surface area contributed by atoms with E-state index in [0.717, 1.165) is 16.5 Å². The summed E-state index contributed by atoms with van der Waals surface area (Å²) in [7, 11) is 3.51. The Kier molecular flexibility index (Phi) is 2.13. The summed E-state index contributed by atoms with van der Waals surface area (Å²) in [5.41, 5.74) is 1.85. The summed E-state index contributed by atoms with van der Waals surface area (Å²) in [4.78, 5) is 4.10. The maximum atomic E-state index is 9.17. The molecule has 0 saturated carbocycles. The third-order valence-electron chi connectivity index (χ3n) is 2.31. The predicted octanol–water partition coefficient (Wildman–Crippen LogP) is 1.07. The molecule has 4 nitrogen and oxygen atoms in total. The van der Waals surface area contributed by atoms with Crippen molar-refractivity contribution in [3.05, 3.63) is 24.0 Å². The molecule has 0 aromatic carbocycles. The molecule has 1 N–H and O–H groups in total. The number of aromatic nitrogens is 2. The van der Waals surface area contributed by atoms with Crippen molar-refractivity contribution < 1.29 is 9.84 Å². The van der Waals surface area contributed by atoms with E-state index in [4.69, 9.17) is 4.74 Å². The first kappa shape index (κ1) is 9.02. The van der Waals surface area contributed by atoms with Crippen LogP contribution in [0.1, 0.15) is 5.56 Å². The lowest BCUT2D eigenvalue weighted by molar-refractivity contribution is 0.282. The number of aryl methyl sites for hydroxylation is 1. The van der Waals surface area contributed by atoms with Gasteiger partial charge in [0.05, 0.1) is 24.6 Å². The molecule has 0 spiro atoms. The minimum atomic E-state index is -0.000602. The fraction of sp³-hybridized carbons (Fsp3) is 0.300. The molecular formula is C10H12N2O2. The van der Waals surface area contributed by atoms with Gasteiger partial charge in [-0.15, -0.1) is 0 Å². The molecule has 2 aromatic rings. The molecule has 14 heavy (non-hydrogen) atoms. The van der Waals surface area contributed by atoms with Crippen LogP contribution in [-0.4, -0.2) is 21.8 Å². The molecule has 0 aliphatic carbocycles. The molecule has 0 unspecified atom stereocenters. The van der Waals surface area contributed by atoms with Crippen LogP contribution in [0.4, 0.5) is 0 Å². The monoisotopic (exact) mass is 192 g/mol. The van der Waals surface area contributed by atoms with Gasteiger partial charge < -0.3 is 14.4 Å². The summed E-state index contributed by atoms with van der Waals surface area (Å²) in [5.74, 6) is 0.562. The molecule has 0 aliphatic heterocycles. The highest BCUT2D eigenvalue weighted by Gasteiger charge is 2.11. The Bertz CT molecular complexity index is 462. The van der Waals surface area contributed by atoms with Gasteiger partial charge in [0.15, 0.2) is 0 Å². The van der Waals surface area contributed by atoms with Gasteiger partial charge in [-0.25, -0.2) is 4.98 Å². The average Bonchev–Trinajstić information content (AvgIpc) is 2.56. The SMILES string of the molecule is COc1nccc2c1c(CO)cn2C. The third-order valence-corrected chi connectivity index (χ3v) is 2.31. The normalized spacial score (nSPS) is 10.8. The lowest BCUT2D eigenvalue weighted by Gasteiger charge is -2.01. The smallest absolute Gasteiger partial charge is 0.222 e. The molecule has 0 aliphatic rings. The quantitative estimate of drug-likeness (QED) is 0.774. The van der Waals surface area contributed by atoms with Crippen LogP contribution >= 0.6 is 0 Å². The number of pyridine rings is 1. The Hall–Kier alpha value is -1.55. The standard InChI is InChI=1S/C10H12N2O2/c1-12-5-7(6-13)9-8(12)3-4-11-10(9)14-2/h3-5,13H,6H2,1-2H3. The summed E-state index contributed by atoms with van der Waals surface area (Å²) < 4.78 is 7.10. The van der Waals surface area contributed by atoms with Crippen LogP contribution in [0, 0.1) is 0 Å². The van der Waals surface area contributed by atoms with E-state index in [9.17, 15) is 5.11 Å². The van der Waals surface area contributed by atoms with Crippen LogP contribution in [0.15, 0.2) is 18.5 Å². The van der Waals surface area contributed by atoms with Crippen molar-refractivity contribution in [2.24, 2.45) is 7.05 Å². The largest absolute Gasteiger partial charge is 0.480 e. The molecule has 2 aromatic heterocycles. The molecular weight excluding hydrogens is 180 g/mol. The van der Waals surface area contributed by atoms with Crippen LogP contribution in [0.25, 0.3) is 10.9 Å². The summed E-state index contributed by atoms with van der Waals surface area (Å²) in [6, 6.07) is 1.90. The summed E-state index contributed by atoms with van der Waals surface area (Å²) in [6.45, 7) is -0.000602. The van der Waals surface area contributed by atoms with E-state index < -0.39 is 0 Å². The van der Waals surface area contributed by atoms with Gasteiger partial charge in [-0.05, 0) is 6.07 Å². The number of aliphatic hydroxyl groups excluding tert-OH is 1. The second-order valence-electron chi connectivity index (χ2n) is 3.14. The minimum absolute atomic E-state index is 0.000602. The number of rotatable bonds is 2. The molecule has 74 valence electrons. The second-order valence-corrected chi connectivity index (χ2v) is 3.14. The minimum Gasteiger partial charge on any atom is -0.480 e. The van der Waals surface area contributed by atoms with Gasteiger partial charge in [-0.1, -0.05) is 0 Å². The number of hydrogen-bond acceptors (Lipinski definition) is 3. The number of methoxy groups -OCH3 is 1. The summed E-state index contributed by atoms with van der Waals surface area (Å²) in [6.07, 6.45) is 3.58. The van der Waals surface area contributed by atoms with Gasteiger partial charge in [0, 0.05) is 25.0 Å². The van der Waals surface area contributed by atoms with Crippen molar-refractivity contribution >= 4 is 10.9 Å². The fourth-order valence-corrected chi connectivity index (χ4v) is 1.67. The van der Waals surface area contributed by atoms with Crippen LogP contribution in [0.3, 0.4) is 0 Å². The third kappa shape index (κ3) is 1.15. The number of nitrogens with zero attached hydrogens (tertiary/aromatic N) is 2. The van der Waals surface area contributed by atoms with E-state index in [1.54, 1.807) is 13.3 Å². The topological polar surface area (TPSA) is 47.3 Å². The van der Waals surface area contributed by atoms with E-state index in [1.165, 1.54) is 0 Å². The van der Waals surface area contributed by atoms with Crippen molar-refractivity contribution in [1.29, 1.82) is 0 Å². The Balaban J connectivity index is 2.82. The average molecular weight is 192 g/mol. The first-order chi connectivity index (χ1) is 6.77. The van der Waals surface area contributed by atoms with Crippen molar-refractivity contribution in [2.75, 3.05) is 7.11 Å². The van der Waals surface area contributed by atoms with E-state index >= 15 is 0 Å². The van der Waals surface area contributed by atoms with Crippen molar-refractivity contribution in [1.82, 2.24) is 9.55 Å². The van der Waals surface area contributed by atoms with Crippen molar-refractivity contribution in [3.8, 4) is 5.88 Å². The van der Waals surface area contributed by atoms with Gasteiger partial charge in [-0.2, -0.15) is 0 Å². The van der Waals surface area contributed by atoms with E-state index in [1.807, 2.05) is 23.9 Å². The Morgan fingerprint density at radius 3 is 3.00 bits per heavy atom. The Morgan fingerprint density at radius 2 is 2.36 bits per heavy atom. The molecule has 0 bridgehead atoms. The molecule has 2 rings (SSSR count). The van der Waals surface area contributed by atoms with Crippen LogP contribution in [0.2, 0.25) is 0 Å². The zero-order valence-electron chi connectivity index (χ0n) is 8.19. The first-order valence-corrected chi connectivity index (χ1v) is 4.35. The van der Waals surface area contributed by atoms with E-state index in [0.29, 0.717) is 5.88 Å². The van der Waals surface area contributed by atoms with Gasteiger partial charge >= 0.3 is 0 Å². The lowest BCUT2D eigenvalue weighted by atomic mass is 10.2. The first-order valence-electron chi connectivity index (χ1n) is 4.35. The molecule has 2 heterocycles.